The Hall–Kier alpha value is -3.63. The summed E-state index contributed by atoms with van der Waals surface area (Å²) < 4.78 is 12.5. The summed E-state index contributed by atoms with van der Waals surface area (Å²) >= 11 is 2.83. The van der Waals surface area contributed by atoms with Crippen LogP contribution in [0.5, 0.6) is 11.5 Å². The number of hydrazone groups is 1. The van der Waals surface area contributed by atoms with Crippen LogP contribution in [0.3, 0.4) is 0 Å². The fourth-order valence-corrected chi connectivity index (χ4v) is 6.69. The van der Waals surface area contributed by atoms with E-state index in [4.69, 9.17) is 14.5 Å². The molecule has 1 aliphatic rings. The molecular formula is C29H30N4O4S2. The molecule has 0 atom stereocenters. The number of amides is 1. The topological polar surface area (TPSA) is 94.8 Å². The second-order valence-electron chi connectivity index (χ2n) is 9.19. The minimum Gasteiger partial charge on any atom is -0.493 e. The molecule has 10 heteroatoms. The maximum Gasteiger partial charge on any atom is 0.267 e. The van der Waals surface area contributed by atoms with Gasteiger partial charge >= 0.3 is 0 Å². The van der Waals surface area contributed by atoms with E-state index in [0.29, 0.717) is 23.3 Å². The standard InChI is InChI=1S/C29H30N4O4S2/c1-4-37-22-14-11-19(15-23(22)36-3)16-30-32-25(34)17-38-29-31-27-26(21-7-5-6-8-24(21)39-27)28(35)33(29)20-12-9-18(2)10-13-20/h9-16H,4-8,17H2,1-3H3,(H,32,34). The van der Waals surface area contributed by atoms with E-state index >= 15 is 0 Å². The zero-order valence-electron chi connectivity index (χ0n) is 22.2. The number of carbonyl (C=O) groups excluding carboxylic acids is 1. The molecule has 0 saturated heterocycles. The Morgan fingerprint density at radius 2 is 1.97 bits per heavy atom. The number of nitrogens with zero attached hydrogens (tertiary/aromatic N) is 3. The predicted molar refractivity (Wildman–Crippen MR) is 157 cm³/mol. The molecule has 0 saturated carbocycles. The van der Waals surface area contributed by atoms with Crippen LogP contribution in [0.4, 0.5) is 0 Å². The van der Waals surface area contributed by atoms with Crippen molar-refractivity contribution in [1.82, 2.24) is 15.0 Å². The second kappa shape index (κ2) is 12.0. The zero-order chi connectivity index (χ0) is 27.4. The molecule has 0 unspecified atom stereocenters. The van der Waals surface area contributed by atoms with Gasteiger partial charge < -0.3 is 9.47 Å². The van der Waals surface area contributed by atoms with E-state index in [1.807, 2.05) is 44.2 Å². The largest absolute Gasteiger partial charge is 0.493 e. The van der Waals surface area contributed by atoms with E-state index in [0.717, 1.165) is 58.3 Å². The summed E-state index contributed by atoms with van der Waals surface area (Å²) in [7, 11) is 1.57. The van der Waals surface area contributed by atoms with Gasteiger partial charge in [0, 0.05) is 4.88 Å². The maximum absolute atomic E-state index is 13.8. The highest BCUT2D eigenvalue weighted by molar-refractivity contribution is 7.99. The third-order valence-electron chi connectivity index (χ3n) is 6.47. The smallest absolute Gasteiger partial charge is 0.267 e. The van der Waals surface area contributed by atoms with Crippen molar-refractivity contribution in [1.29, 1.82) is 0 Å². The van der Waals surface area contributed by atoms with Crippen molar-refractivity contribution in [3.8, 4) is 17.2 Å². The van der Waals surface area contributed by atoms with Crippen LogP contribution in [0.2, 0.25) is 0 Å². The minimum absolute atomic E-state index is 0.0544. The Morgan fingerprint density at radius 3 is 2.74 bits per heavy atom. The van der Waals surface area contributed by atoms with Crippen LogP contribution in [0.25, 0.3) is 15.9 Å². The summed E-state index contributed by atoms with van der Waals surface area (Å²) in [6, 6.07) is 13.2. The first kappa shape index (κ1) is 27.0. The third kappa shape index (κ3) is 5.86. The van der Waals surface area contributed by atoms with Crippen LogP contribution in [0.1, 0.15) is 41.3 Å². The second-order valence-corrected chi connectivity index (χ2v) is 11.2. The Morgan fingerprint density at radius 1 is 1.18 bits per heavy atom. The molecule has 5 rings (SSSR count). The lowest BCUT2D eigenvalue weighted by Gasteiger charge is -2.13. The van der Waals surface area contributed by atoms with Crippen LogP contribution in [0.15, 0.2) is 57.5 Å². The molecule has 4 aromatic rings. The number of aromatic nitrogens is 2. The average Bonchev–Trinajstić information content (AvgIpc) is 3.32. The fraction of sp³-hybridized carbons (Fsp3) is 0.310. The molecule has 0 fully saturated rings. The molecule has 202 valence electrons. The third-order valence-corrected chi connectivity index (χ3v) is 8.60. The number of thiophene rings is 1. The predicted octanol–water partition coefficient (Wildman–Crippen LogP) is 5.28. The minimum atomic E-state index is -0.301. The number of benzene rings is 2. The number of fused-ring (bicyclic) bond motifs is 3. The van der Waals surface area contributed by atoms with Crippen molar-refractivity contribution in [2.75, 3.05) is 19.5 Å². The molecule has 1 aliphatic carbocycles. The van der Waals surface area contributed by atoms with Gasteiger partial charge in [-0.25, -0.2) is 10.4 Å². The molecule has 2 heterocycles. The van der Waals surface area contributed by atoms with Crippen molar-refractivity contribution in [3.63, 3.8) is 0 Å². The van der Waals surface area contributed by atoms with E-state index < -0.39 is 0 Å². The summed E-state index contributed by atoms with van der Waals surface area (Å²) in [5.74, 6) is 0.991. The zero-order valence-corrected chi connectivity index (χ0v) is 23.8. The highest BCUT2D eigenvalue weighted by Crippen LogP contribution is 2.35. The van der Waals surface area contributed by atoms with Crippen molar-refractivity contribution in [2.24, 2.45) is 5.10 Å². The molecule has 0 radical (unpaired) electrons. The Labute approximate surface area is 235 Å². The lowest BCUT2D eigenvalue weighted by Crippen LogP contribution is -2.24. The first-order valence-electron chi connectivity index (χ1n) is 12.9. The number of hydrogen-bond acceptors (Lipinski definition) is 8. The van der Waals surface area contributed by atoms with Crippen molar-refractivity contribution in [3.05, 3.63) is 74.4 Å². The molecule has 0 aliphatic heterocycles. The molecule has 39 heavy (non-hydrogen) atoms. The number of thioether (sulfide) groups is 1. The molecule has 1 N–H and O–H groups in total. The van der Waals surface area contributed by atoms with Gasteiger partial charge in [-0.15, -0.1) is 11.3 Å². The van der Waals surface area contributed by atoms with E-state index in [2.05, 4.69) is 10.5 Å². The van der Waals surface area contributed by atoms with Crippen LogP contribution in [0, 0.1) is 6.92 Å². The van der Waals surface area contributed by atoms with E-state index in [9.17, 15) is 9.59 Å². The van der Waals surface area contributed by atoms with Gasteiger partial charge in [-0.05, 0) is 81.0 Å². The normalized spacial score (nSPS) is 13.0. The Balaban J connectivity index is 1.36. The van der Waals surface area contributed by atoms with Crippen LogP contribution in [-0.2, 0) is 17.6 Å². The number of nitrogens with one attached hydrogen (secondary N) is 1. The molecule has 0 bridgehead atoms. The van der Waals surface area contributed by atoms with E-state index in [1.54, 1.807) is 41.4 Å². The lowest BCUT2D eigenvalue weighted by atomic mass is 9.97. The average molecular weight is 563 g/mol. The number of ether oxygens (including phenoxy) is 2. The maximum atomic E-state index is 13.8. The SMILES string of the molecule is CCOc1ccc(C=NNC(=O)CSc2nc3sc4c(c3c(=O)n2-c2ccc(C)cc2)CCCC4)cc1OC. The van der Waals surface area contributed by atoms with E-state index in [-0.39, 0.29) is 17.2 Å². The van der Waals surface area contributed by atoms with Crippen LogP contribution in [-0.4, -0.2) is 41.1 Å². The van der Waals surface area contributed by atoms with Gasteiger partial charge in [0.05, 0.1) is 36.8 Å². The highest BCUT2D eigenvalue weighted by atomic mass is 32.2. The number of carbonyl (C=O) groups is 1. The number of methoxy groups -OCH3 is 1. The highest BCUT2D eigenvalue weighted by Gasteiger charge is 2.23. The molecule has 2 aromatic carbocycles. The van der Waals surface area contributed by atoms with Gasteiger partial charge in [0.15, 0.2) is 16.7 Å². The molecular weight excluding hydrogens is 532 g/mol. The number of rotatable bonds is 9. The van der Waals surface area contributed by atoms with Crippen LogP contribution < -0.4 is 20.5 Å². The lowest BCUT2D eigenvalue weighted by molar-refractivity contribution is -0.118. The molecule has 2 aromatic heterocycles. The van der Waals surface area contributed by atoms with Crippen molar-refractivity contribution in [2.45, 2.75) is 44.7 Å². The van der Waals surface area contributed by atoms with E-state index in [1.165, 1.54) is 16.6 Å². The van der Waals surface area contributed by atoms with Gasteiger partial charge in [0.25, 0.3) is 11.5 Å². The monoisotopic (exact) mass is 562 g/mol. The summed E-state index contributed by atoms with van der Waals surface area (Å²) in [4.78, 5) is 33.4. The van der Waals surface area contributed by atoms with Crippen LogP contribution >= 0.6 is 23.1 Å². The first-order chi connectivity index (χ1) is 19.0. The number of hydrogen-bond donors (Lipinski definition) is 1. The van der Waals surface area contributed by atoms with Gasteiger partial charge in [-0.2, -0.15) is 5.10 Å². The van der Waals surface area contributed by atoms with Crippen molar-refractivity contribution < 1.29 is 14.3 Å². The molecule has 0 spiro atoms. The summed E-state index contributed by atoms with van der Waals surface area (Å²) in [5, 5.41) is 5.30. The first-order valence-corrected chi connectivity index (χ1v) is 14.7. The summed E-state index contributed by atoms with van der Waals surface area (Å²) in [6.07, 6.45) is 5.67. The fourth-order valence-electron chi connectivity index (χ4n) is 4.59. The summed E-state index contributed by atoms with van der Waals surface area (Å²) in [5.41, 5.74) is 6.23. The quantitative estimate of drug-likeness (QED) is 0.129. The Kier molecular flexibility index (Phi) is 8.33. The molecule has 1 amide bonds. The summed E-state index contributed by atoms with van der Waals surface area (Å²) in [6.45, 7) is 4.45. The van der Waals surface area contributed by atoms with Gasteiger partial charge in [0.1, 0.15) is 4.83 Å². The molecule has 8 nitrogen and oxygen atoms in total. The van der Waals surface area contributed by atoms with Gasteiger partial charge in [0.2, 0.25) is 0 Å². The van der Waals surface area contributed by atoms with Gasteiger partial charge in [-0.1, -0.05) is 29.5 Å². The number of aryl methyl sites for hydroxylation is 3. The van der Waals surface area contributed by atoms with Gasteiger partial charge in [-0.3, -0.25) is 14.2 Å². The van der Waals surface area contributed by atoms with Crippen molar-refractivity contribution >= 4 is 45.4 Å². The Bertz CT molecular complexity index is 1590.